The van der Waals surface area contributed by atoms with Crippen molar-refractivity contribution in [3.05, 3.63) is 52.0 Å². The summed E-state index contributed by atoms with van der Waals surface area (Å²) in [5.74, 6) is -0.231. The zero-order valence-corrected chi connectivity index (χ0v) is 13.5. The van der Waals surface area contributed by atoms with Crippen LogP contribution in [0.15, 0.2) is 40.9 Å². The number of nitrogens with two attached hydrogens (primary N) is 1. The minimum atomic E-state index is -4.75. The van der Waals surface area contributed by atoms with Crippen molar-refractivity contribution in [1.82, 2.24) is 0 Å². The first-order valence-electron chi connectivity index (χ1n) is 6.39. The van der Waals surface area contributed by atoms with Crippen LogP contribution in [0, 0.1) is 0 Å². The Hall–Kier alpha value is -1.93. The molecule has 4 nitrogen and oxygen atoms in total. The predicted octanol–water partition coefficient (Wildman–Crippen LogP) is 4.11. The minimum Gasteiger partial charge on any atom is -0.504 e. The van der Waals surface area contributed by atoms with Crippen molar-refractivity contribution in [1.29, 1.82) is 0 Å². The van der Waals surface area contributed by atoms with E-state index in [9.17, 15) is 18.3 Å². The number of benzene rings is 2. The Labute approximate surface area is 138 Å². The number of phenols is 1. The van der Waals surface area contributed by atoms with Crippen LogP contribution in [0.4, 0.5) is 13.2 Å². The number of phenolic OH excluding ortho intramolecular Hbond substituents is 1. The monoisotopic (exact) mass is 391 g/mol. The molecule has 23 heavy (non-hydrogen) atoms. The molecule has 2 rings (SSSR count). The van der Waals surface area contributed by atoms with E-state index in [2.05, 4.69) is 20.7 Å². The van der Waals surface area contributed by atoms with Crippen LogP contribution in [0.2, 0.25) is 0 Å². The fraction of sp³-hybridized carbons (Fsp3) is 0.200. The first kappa shape index (κ1) is 17.4. The average Bonchev–Trinajstić information content (AvgIpc) is 2.47. The molecule has 2 aromatic rings. The molecule has 2 aromatic carbocycles. The van der Waals surface area contributed by atoms with Crippen LogP contribution in [-0.2, 0) is 0 Å². The summed E-state index contributed by atoms with van der Waals surface area (Å²) in [6, 6.07) is 7.57. The number of methoxy groups -OCH3 is 1. The molecule has 0 fully saturated rings. The molecule has 0 amide bonds. The molecule has 0 heterocycles. The Kier molecular flexibility index (Phi) is 5.06. The van der Waals surface area contributed by atoms with E-state index >= 15 is 0 Å². The van der Waals surface area contributed by atoms with Crippen molar-refractivity contribution in [2.45, 2.75) is 12.4 Å². The Morgan fingerprint density at radius 1 is 1.17 bits per heavy atom. The van der Waals surface area contributed by atoms with Crippen LogP contribution in [0.5, 0.6) is 17.2 Å². The Morgan fingerprint density at radius 2 is 1.78 bits per heavy atom. The van der Waals surface area contributed by atoms with E-state index in [4.69, 9.17) is 10.5 Å². The van der Waals surface area contributed by atoms with Crippen LogP contribution >= 0.6 is 15.9 Å². The number of hydrogen-bond donors (Lipinski definition) is 2. The van der Waals surface area contributed by atoms with Gasteiger partial charge in [0.1, 0.15) is 5.75 Å². The number of rotatable bonds is 4. The van der Waals surface area contributed by atoms with E-state index in [-0.39, 0.29) is 17.2 Å². The lowest BCUT2D eigenvalue weighted by Crippen LogP contribution is -2.17. The molecule has 0 unspecified atom stereocenters. The maximum absolute atomic E-state index is 12.1. The standard InChI is InChI=1S/C15H13BrF3NO3/c1-22-12-7-9(16)6-11(14(12)21)13(20)8-2-4-10(5-3-8)23-15(17,18)19/h2-7,13,21H,20H2,1H3/t13-/m0/s1. The minimum absolute atomic E-state index is 0.126. The Balaban J connectivity index is 2.31. The van der Waals surface area contributed by atoms with E-state index in [1.54, 1.807) is 12.1 Å². The van der Waals surface area contributed by atoms with Crippen LogP contribution in [0.3, 0.4) is 0 Å². The quantitative estimate of drug-likeness (QED) is 0.822. The fourth-order valence-corrected chi connectivity index (χ4v) is 2.50. The summed E-state index contributed by atoms with van der Waals surface area (Å²) >= 11 is 3.28. The highest BCUT2D eigenvalue weighted by Gasteiger charge is 2.31. The maximum Gasteiger partial charge on any atom is 0.573 e. The van der Waals surface area contributed by atoms with Crippen molar-refractivity contribution in [2.75, 3.05) is 7.11 Å². The van der Waals surface area contributed by atoms with Gasteiger partial charge in [0.2, 0.25) is 0 Å². The summed E-state index contributed by atoms with van der Waals surface area (Å²) in [6.07, 6.45) is -4.75. The zero-order valence-electron chi connectivity index (χ0n) is 11.9. The van der Waals surface area contributed by atoms with Gasteiger partial charge in [-0.05, 0) is 29.8 Å². The number of halogens is 4. The second kappa shape index (κ2) is 6.67. The molecule has 0 aliphatic heterocycles. The highest BCUT2D eigenvalue weighted by Crippen LogP contribution is 2.38. The van der Waals surface area contributed by atoms with Crippen molar-refractivity contribution in [3.63, 3.8) is 0 Å². The third-order valence-corrected chi connectivity index (χ3v) is 3.55. The maximum atomic E-state index is 12.1. The molecule has 1 atom stereocenters. The molecule has 3 N–H and O–H groups in total. The Morgan fingerprint density at radius 3 is 2.30 bits per heavy atom. The second-order valence-electron chi connectivity index (χ2n) is 4.64. The molecule has 124 valence electrons. The molecule has 0 saturated heterocycles. The summed E-state index contributed by atoms with van der Waals surface area (Å²) in [6.45, 7) is 0. The number of ether oxygens (including phenoxy) is 2. The van der Waals surface area contributed by atoms with E-state index in [0.29, 0.717) is 15.6 Å². The van der Waals surface area contributed by atoms with Crippen molar-refractivity contribution in [3.8, 4) is 17.2 Å². The molecule has 0 aromatic heterocycles. The summed E-state index contributed by atoms with van der Waals surface area (Å²) in [5, 5.41) is 10.2. The summed E-state index contributed by atoms with van der Waals surface area (Å²) in [5.41, 5.74) is 6.97. The molecule has 0 bridgehead atoms. The van der Waals surface area contributed by atoms with Gasteiger partial charge in [-0.1, -0.05) is 28.1 Å². The van der Waals surface area contributed by atoms with Crippen molar-refractivity contribution in [2.24, 2.45) is 5.73 Å². The third-order valence-electron chi connectivity index (χ3n) is 3.10. The number of alkyl halides is 3. The largest absolute Gasteiger partial charge is 0.573 e. The third kappa shape index (κ3) is 4.29. The van der Waals surface area contributed by atoms with Crippen molar-refractivity contribution < 1.29 is 27.8 Å². The molecule has 0 spiro atoms. The predicted molar refractivity (Wildman–Crippen MR) is 81.5 cm³/mol. The molecule has 0 aliphatic rings. The molecular formula is C15H13BrF3NO3. The number of hydrogen-bond acceptors (Lipinski definition) is 4. The van der Waals surface area contributed by atoms with E-state index in [1.165, 1.54) is 19.2 Å². The van der Waals surface area contributed by atoms with Gasteiger partial charge in [-0.2, -0.15) is 0 Å². The topological polar surface area (TPSA) is 64.7 Å². The summed E-state index contributed by atoms with van der Waals surface area (Å²) in [7, 11) is 1.40. The van der Waals surface area contributed by atoms with Crippen LogP contribution in [-0.4, -0.2) is 18.6 Å². The SMILES string of the molecule is COc1cc(Br)cc([C@@H](N)c2ccc(OC(F)(F)F)cc2)c1O. The van der Waals surface area contributed by atoms with Crippen LogP contribution in [0.25, 0.3) is 0 Å². The highest BCUT2D eigenvalue weighted by atomic mass is 79.9. The summed E-state index contributed by atoms with van der Waals surface area (Å²) < 4.78 is 45.9. The van der Waals surface area contributed by atoms with E-state index < -0.39 is 12.4 Å². The van der Waals surface area contributed by atoms with Crippen molar-refractivity contribution >= 4 is 15.9 Å². The van der Waals surface area contributed by atoms with Gasteiger partial charge < -0.3 is 20.3 Å². The van der Waals surface area contributed by atoms with Gasteiger partial charge >= 0.3 is 6.36 Å². The average molecular weight is 392 g/mol. The molecular weight excluding hydrogens is 379 g/mol. The summed E-state index contributed by atoms with van der Waals surface area (Å²) in [4.78, 5) is 0. The number of aromatic hydroxyl groups is 1. The molecule has 0 saturated carbocycles. The first-order valence-corrected chi connectivity index (χ1v) is 7.18. The lowest BCUT2D eigenvalue weighted by atomic mass is 9.98. The van der Waals surface area contributed by atoms with E-state index in [1.807, 2.05) is 0 Å². The zero-order chi connectivity index (χ0) is 17.2. The van der Waals surface area contributed by atoms with E-state index in [0.717, 1.165) is 12.1 Å². The van der Waals surface area contributed by atoms with Crippen LogP contribution < -0.4 is 15.2 Å². The van der Waals surface area contributed by atoms with Gasteiger partial charge in [-0.15, -0.1) is 13.2 Å². The first-order chi connectivity index (χ1) is 10.7. The van der Waals surface area contributed by atoms with Gasteiger partial charge in [0.15, 0.2) is 11.5 Å². The Bertz CT molecular complexity index is 690. The molecule has 0 radical (unpaired) electrons. The molecule has 8 heteroatoms. The van der Waals surface area contributed by atoms with Gasteiger partial charge in [0.25, 0.3) is 0 Å². The van der Waals surface area contributed by atoms with Gasteiger partial charge in [0, 0.05) is 10.0 Å². The smallest absolute Gasteiger partial charge is 0.504 e. The highest BCUT2D eigenvalue weighted by molar-refractivity contribution is 9.10. The fourth-order valence-electron chi connectivity index (χ4n) is 2.04. The second-order valence-corrected chi connectivity index (χ2v) is 5.56. The van der Waals surface area contributed by atoms with Gasteiger partial charge in [-0.3, -0.25) is 0 Å². The molecule has 0 aliphatic carbocycles. The normalized spacial score (nSPS) is 12.8. The lowest BCUT2D eigenvalue weighted by Gasteiger charge is -2.17. The van der Waals surface area contributed by atoms with Gasteiger partial charge in [0.05, 0.1) is 13.2 Å². The lowest BCUT2D eigenvalue weighted by molar-refractivity contribution is -0.274. The van der Waals surface area contributed by atoms with Gasteiger partial charge in [-0.25, -0.2) is 0 Å². The van der Waals surface area contributed by atoms with Crippen LogP contribution in [0.1, 0.15) is 17.2 Å².